The van der Waals surface area contributed by atoms with E-state index in [9.17, 15) is 13.2 Å². The molecule has 0 saturated heterocycles. The second-order valence-electron chi connectivity index (χ2n) is 7.14. The lowest BCUT2D eigenvalue weighted by molar-refractivity contribution is 0.0981. The lowest BCUT2D eigenvalue weighted by atomic mass is 10.2. The van der Waals surface area contributed by atoms with Crippen LogP contribution in [0.1, 0.15) is 47.9 Å². The summed E-state index contributed by atoms with van der Waals surface area (Å²) in [5.74, 6) is 0.0325. The van der Waals surface area contributed by atoms with Gasteiger partial charge in [-0.15, -0.1) is 0 Å². The van der Waals surface area contributed by atoms with Crippen LogP contribution in [0.25, 0.3) is 11.0 Å². The Hall–Kier alpha value is -2.09. The molecule has 0 bridgehead atoms. The summed E-state index contributed by atoms with van der Waals surface area (Å²) < 4.78 is 28.4. The van der Waals surface area contributed by atoms with Crippen LogP contribution >= 0.6 is 23.2 Å². The molecule has 1 aromatic heterocycles. The van der Waals surface area contributed by atoms with Crippen LogP contribution in [0.5, 0.6) is 0 Å². The van der Waals surface area contributed by atoms with Crippen LogP contribution in [0, 0.1) is 6.92 Å². The van der Waals surface area contributed by atoms with Gasteiger partial charge in [-0.3, -0.25) is 4.79 Å². The molecule has 160 valence electrons. The molecule has 9 heteroatoms. The van der Waals surface area contributed by atoms with Crippen LogP contribution < -0.4 is 4.72 Å². The van der Waals surface area contributed by atoms with Gasteiger partial charge in [-0.05, 0) is 49.2 Å². The van der Waals surface area contributed by atoms with E-state index in [0.717, 1.165) is 29.7 Å². The first-order valence-corrected chi connectivity index (χ1v) is 12.1. The van der Waals surface area contributed by atoms with Gasteiger partial charge in [-0.25, -0.2) is 18.1 Å². The maximum atomic E-state index is 12.5. The van der Waals surface area contributed by atoms with Crippen molar-refractivity contribution in [3.05, 3.63) is 63.4 Å². The van der Waals surface area contributed by atoms with E-state index in [4.69, 9.17) is 23.2 Å². The second-order valence-corrected chi connectivity index (χ2v) is 9.83. The third kappa shape index (κ3) is 5.33. The summed E-state index contributed by atoms with van der Waals surface area (Å²) in [5, 5.41) is 1.09. The molecule has 0 aliphatic heterocycles. The topological polar surface area (TPSA) is 81.1 Å². The number of halogens is 2. The summed E-state index contributed by atoms with van der Waals surface area (Å²) in [6.45, 7) is 4.29. The molecule has 0 atom stereocenters. The molecule has 0 fully saturated rings. The quantitative estimate of drug-likeness (QED) is 0.475. The lowest BCUT2D eigenvalue weighted by Gasteiger charge is -2.10. The Kier molecular flexibility index (Phi) is 7.06. The molecule has 0 radical (unpaired) electrons. The van der Waals surface area contributed by atoms with E-state index < -0.39 is 15.9 Å². The Morgan fingerprint density at radius 1 is 1.13 bits per heavy atom. The Morgan fingerprint density at radius 2 is 1.90 bits per heavy atom. The molecule has 0 spiro atoms. The largest absolute Gasteiger partial charge is 0.324 e. The van der Waals surface area contributed by atoms with Gasteiger partial charge in [0.2, 0.25) is 10.0 Å². The number of imidazole rings is 1. The smallest absolute Gasteiger partial charge is 0.264 e. The number of rotatable bonds is 8. The average molecular weight is 468 g/mol. The van der Waals surface area contributed by atoms with Crippen LogP contribution in [0.4, 0.5) is 0 Å². The van der Waals surface area contributed by atoms with Crippen molar-refractivity contribution in [3.63, 3.8) is 0 Å². The predicted molar refractivity (Wildman–Crippen MR) is 121 cm³/mol. The number of aryl methyl sites for hydroxylation is 1. The summed E-state index contributed by atoms with van der Waals surface area (Å²) in [6.07, 6.45) is 2.22. The van der Waals surface area contributed by atoms with Crippen molar-refractivity contribution in [3.8, 4) is 0 Å². The molecule has 0 unspecified atom stereocenters. The number of carbonyl (C=O) groups is 1. The number of amides is 1. The third-order valence-electron chi connectivity index (χ3n) is 4.81. The van der Waals surface area contributed by atoms with E-state index in [0.29, 0.717) is 28.5 Å². The van der Waals surface area contributed by atoms with Crippen molar-refractivity contribution in [2.24, 2.45) is 0 Å². The molecule has 30 heavy (non-hydrogen) atoms. The number of nitrogens with zero attached hydrogens (tertiary/aromatic N) is 2. The highest BCUT2D eigenvalue weighted by atomic mass is 35.5. The maximum Gasteiger partial charge on any atom is 0.264 e. The van der Waals surface area contributed by atoms with Crippen molar-refractivity contribution < 1.29 is 13.2 Å². The molecule has 1 N–H and O–H groups in total. The number of benzene rings is 2. The average Bonchev–Trinajstić information content (AvgIpc) is 2.98. The number of nitrogens with one attached hydrogen (secondary N) is 1. The fraction of sp³-hybridized carbons (Fsp3) is 0.333. The predicted octanol–water partition coefficient (Wildman–Crippen LogP) is 4.95. The van der Waals surface area contributed by atoms with Crippen LogP contribution in [0.3, 0.4) is 0 Å². The van der Waals surface area contributed by atoms with Gasteiger partial charge in [0, 0.05) is 15.6 Å². The fourth-order valence-electron chi connectivity index (χ4n) is 3.20. The minimum Gasteiger partial charge on any atom is -0.324 e. The van der Waals surface area contributed by atoms with Crippen molar-refractivity contribution in [1.29, 1.82) is 0 Å². The third-order valence-corrected chi connectivity index (χ3v) is 6.72. The zero-order valence-electron chi connectivity index (χ0n) is 16.8. The number of hydrogen-bond donors (Lipinski definition) is 1. The number of sulfonamides is 1. The SMILES string of the molecule is CCCCCS(=O)(=O)NC(=O)c1ccc2nc(C)n(Cc3ccc(Cl)cc3Cl)c2c1. The van der Waals surface area contributed by atoms with Crippen LogP contribution in [-0.4, -0.2) is 29.6 Å². The molecule has 0 aliphatic rings. The number of fused-ring (bicyclic) bond motifs is 1. The number of hydrogen-bond acceptors (Lipinski definition) is 4. The van der Waals surface area contributed by atoms with E-state index in [1.54, 1.807) is 30.3 Å². The van der Waals surface area contributed by atoms with Crippen molar-refractivity contribution >= 4 is 50.2 Å². The van der Waals surface area contributed by atoms with Gasteiger partial charge in [0.1, 0.15) is 5.82 Å². The molecule has 0 aliphatic carbocycles. The maximum absolute atomic E-state index is 12.5. The van der Waals surface area contributed by atoms with E-state index in [-0.39, 0.29) is 11.3 Å². The van der Waals surface area contributed by atoms with Gasteiger partial charge in [-0.1, -0.05) is 49.0 Å². The van der Waals surface area contributed by atoms with E-state index in [1.165, 1.54) is 0 Å². The molecule has 0 saturated carbocycles. The highest BCUT2D eigenvalue weighted by molar-refractivity contribution is 7.90. The number of carbonyl (C=O) groups excluding carboxylic acids is 1. The molecule has 2 aromatic carbocycles. The van der Waals surface area contributed by atoms with Crippen LogP contribution in [-0.2, 0) is 16.6 Å². The Labute approximate surface area is 186 Å². The molecular formula is C21H23Cl2N3O3S. The number of aromatic nitrogens is 2. The van der Waals surface area contributed by atoms with Gasteiger partial charge >= 0.3 is 0 Å². The van der Waals surface area contributed by atoms with Crippen LogP contribution in [0.15, 0.2) is 36.4 Å². The van der Waals surface area contributed by atoms with Gasteiger partial charge in [0.05, 0.1) is 23.3 Å². The summed E-state index contributed by atoms with van der Waals surface area (Å²) in [7, 11) is -3.67. The van der Waals surface area contributed by atoms with Gasteiger partial charge < -0.3 is 4.57 Å². The van der Waals surface area contributed by atoms with E-state index in [1.807, 2.05) is 24.5 Å². The zero-order valence-corrected chi connectivity index (χ0v) is 19.1. The first kappa shape index (κ1) is 22.6. The molecule has 3 aromatic rings. The second kappa shape index (κ2) is 9.37. The molecule has 1 amide bonds. The minimum absolute atomic E-state index is 0.0685. The first-order chi connectivity index (χ1) is 14.2. The van der Waals surface area contributed by atoms with E-state index in [2.05, 4.69) is 9.71 Å². The van der Waals surface area contributed by atoms with Crippen molar-refractivity contribution in [2.45, 2.75) is 39.7 Å². The van der Waals surface area contributed by atoms with Gasteiger partial charge in [0.25, 0.3) is 5.91 Å². The lowest BCUT2D eigenvalue weighted by Crippen LogP contribution is -2.32. The summed E-state index contributed by atoms with van der Waals surface area (Å²) in [5.41, 5.74) is 2.54. The van der Waals surface area contributed by atoms with E-state index >= 15 is 0 Å². The standard InChI is InChI=1S/C21H23Cl2N3O3S/c1-3-4-5-10-30(28,29)25-21(27)15-7-9-19-20(11-15)26(14(2)24-19)13-16-6-8-17(22)12-18(16)23/h6-9,11-12H,3-5,10,13H2,1-2H3,(H,25,27). The van der Waals surface area contributed by atoms with Crippen LogP contribution in [0.2, 0.25) is 10.0 Å². The monoisotopic (exact) mass is 467 g/mol. The highest BCUT2D eigenvalue weighted by Crippen LogP contribution is 2.25. The van der Waals surface area contributed by atoms with Gasteiger partial charge in [0.15, 0.2) is 0 Å². The normalized spacial score (nSPS) is 11.7. The Balaban J connectivity index is 1.88. The Bertz CT molecular complexity index is 1190. The van der Waals surface area contributed by atoms with Gasteiger partial charge in [-0.2, -0.15) is 0 Å². The summed E-state index contributed by atoms with van der Waals surface area (Å²) in [6, 6.07) is 10.2. The molecule has 3 rings (SSSR count). The first-order valence-electron chi connectivity index (χ1n) is 9.66. The summed E-state index contributed by atoms with van der Waals surface area (Å²) in [4.78, 5) is 17.1. The molecule has 6 nitrogen and oxygen atoms in total. The fourth-order valence-corrected chi connectivity index (χ4v) is 4.75. The van der Waals surface area contributed by atoms with Crippen molar-refractivity contribution in [1.82, 2.24) is 14.3 Å². The minimum atomic E-state index is -3.67. The zero-order chi connectivity index (χ0) is 21.9. The summed E-state index contributed by atoms with van der Waals surface area (Å²) >= 11 is 12.3. The number of unbranched alkanes of at least 4 members (excludes halogenated alkanes) is 2. The molecular weight excluding hydrogens is 445 g/mol. The Morgan fingerprint density at radius 3 is 2.60 bits per heavy atom. The molecule has 1 heterocycles. The highest BCUT2D eigenvalue weighted by Gasteiger charge is 2.18. The van der Waals surface area contributed by atoms with Crippen molar-refractivity contribution in [2.75, 3.05) is 5.75 Å².